The van der Waals surface area contributed by atoms with Gasteiger partial charge in [0.05, 0.1) is 11.9 Å². The number of hydrogen-bond donors (Lipinski definition) is 2. The SMILES string of the molecule is NCc1cn2[nH]c(C3CCC3)nc2n1. The molecule has 3 rings (SSSR count). The highest BCUT2D eigenvalue weighted by Gasteiger charge is 2.23. The lowest BCUT2D eigenvalue weighted by Gasteiger charge is -2.22. The monoisotopic (exact) mass is 191 g/mol. The minimum absolute atomic E-state index is 0.468. The molecule has 3 N–H and O–H groups in total. The van der Waals surface area contributed by atoms with E-state index in [2.05, 4.69) is 15.1 Å². The molecule has 0 bridgehead atoms. The van der Waals surface area contributed by atoms with Crippen molar-refractivity contribution in [2.75, 3.05) is 0 Å². The molecule has 0 spiro atoms. The van der Waals surface area contributed by atoms with Crippen LogP contribution in [0.1, 0.15) is 36.7 Å². The fourth-order valence-corrected chi connectivity index (χ4v) is 1.80. The molecule has 0 atom stereocenters. The summed E-state index contributed by atoms with van der Waals surface area (Å²) in [5.41, 5.74) is 6.37. The first kappa shape index (κ1) is 7.99. The van der Waals surface area contributed by atoms with Crippen molar-refractivity contribution in [2.24, 2.45) is 5.73 Å². The summed E-state index contributed by atoms with van der Waals surface area (Å²) in [5.74, 6) is 2.44. The Balaban J connectivity index is 2.00. The van der Waals surface area contributed by atoms with E-state index in [1.54, 1.807) is 0 Å². The van der Waals surface area contributed by atoms with E-state index in [-0.39, 0.29) is 0 Å². The predicted molar refractivity (Wildman–Crippen MR) is 51.8 cm³/mol. The van der Waals surface area contributed by atoms with E-state index in [9.17, 15) is 0 Å². The first-order valence-corrected chi connectivity index (χ1v) is 5.01. The van der Waals surface area contributed by atoms with Crippen LogP contribution in [0, 0.1) is 0 Å². The summed E-state index contributed by atoms with van der Waals surface area (Å²) in [4.78, 5) is 8.73. The number of rotatable bonds is 2. The third-order valence-corrected chi connectivity index (χ3v) is 2.89. The van der Waals surface area contributed by atoms with Crippen molar-refractivity contribution < 1.29 is 0 Å². The molecule has 1 aliphatic rings. The Kier molecular flexibility index (Phi) is 1.61. The molecule has 0 amide bonds. The molecule has 0 unspecified atom stereocenters. The zero-order valence-corrected chi connectivity index (χ0v) is 7.90. The summed E-state index contributed by atoms with van der Waals surface area (Å²) in [6.07, 6.45) is 5.73. The second kappa shape index (κ2) is 2.81. The van der Waals surface area contributed by atoms with Crippen LogP contribution in [0.15, 0.2) is 6.20 Å². The van der Waals surface area contributed by atoms with Crippen LogP contribution < -0.4 is 5.73 Å². The Morgan fingerprint density at radius 2 is 2.36 bits per heavy atom. The van der Waals surface area contributed by atoms with Crippen molar-refractivity contribution >= 4 is 5.78 Å². The highest BCUT2D eigenvalue weighted by atomic mass is 15.3. The molecule has 2 aromatic rings. The second-order valence-electron chi connectivity index (χ2n) is 3.84. The summed E-state index contributed by atoms with van der Waals surface area (Å²) < 4.78 is 1.86. The number of imidazole rings is 1. The van der Waals surface area contributed by atoms with E-state index in [0.29, 0.717) is 12.5 Å². The van der Waals surface area contributed by atoms with Crippen LogP contribution in [0.5, 0.6) is 0 Å². The van der Waals surface area contributed by atoms with Gasteiger partial charge in [0.25, 0.3) is 5.78 Å². The molecule has 0 aliphatic heterocycles. The maximum atomic E-state index is 5.49. The standard InChI is InChI=1S/C9H13N5/c10-4-7-5-14-9(11-7)12-8(13-14)6-2-1-3-6/h5-6H,1-4,10H2,(H,11,12,13). The predicted octanol–water partition coefficient (Wildman–Crippen LogP) is 0.784. The summed E-state index contributed by atoms with van der Waals surface area (Å²) in [6.45, 7) is 0.468. The van der Waals surface area contributed by atoms with Crippen molar-refractivity contribution in [3.8, 4) is 0 Å². The van der Waals surface area contributed by atoms with Gasteiger partial charge < -0.3 is 5.73 Å². The van der Waals surface area contributed by atoms with E-state index in [1.165, 1.54) is 19.3 Å². The van der Waals surface area contributed by atoms with Crippen molar-refractivity contribution in [1.82, 2.24) is 19.6 Å². The number of nitrogens with two attached hydrogens (primary N) is 1. The second-order valence-corrected chi connectivity index (χ2v) is 3.84. The van der Waals surface area contributed by atoms with Crippen molar-refractivity contribution in [3.05, 3.63) is 17.7 Å². The molecular formula is C9H13N5. The lowest BCUT2D eigenvalue weighted by molar-refractivity contribution is 0.401. The highest BCUT2D eigenvalue weighted by molar-refractivity contribution is 5.30. The Hall–Kier alpha value is -1.36. The van der Waals surface area contributed by atoms with Gasteiger partial charge in [-0.3, -0.25) is 5.10 Å². The normalized spacial score (nSPS) is 17.5. The lowest BCUT2D eigenvalue weighted by Crippen LogP contribution is -2.10. The molecule has 1 fully saturated rings. The van der Waals surface area contributed by atoms with Crippen LogP contribution in [0.4, 0.5) is 0 Å². The third-order valence-electron chi connectivity index (χ3n) is 2.89. The molecular weight excluding hydrogens is 178 g/mol. The average Bonchev–Trinajstić information content (AvgIpc) is 2.57. The average molecular weight is 191 g/mol. The van der Waals surface area contributed by atoms with Crippen molar-refractivity contribution in [1.29, 1.82) is 0 Å². The van der Waals surface area contributed by atoms with Crippen LogP contribution in [0.25, 0.3) is 5.78 Å². The molecule has 0 saturated heterocycles. The van der Waals surface area contributed by atoms with Crippen molar-refractivity contribution in [2.45, 2.75) is 31.7 Å². The summed E-state index contributed by atoms with van der Waals surface area (Å²) >= 11 is 0. The van der Waals surface area contributed by atoms with Crippen LogP contribution in [0.3, 0.4) is 0 Å². The molecule has 5 nitrogen and oxygen atoms in total. The minimum Gasteiger partial charge on any atom is -0.325 e. The zero-order chi connectivity index (χ0) is 9.54. The number of nitrogens with zero attached hydrogens (tertiary/aromatic N) is 3. The first-order valence-electron chi connectivity index (χ1n) is 5.01. The number of fused-ring (bicyclic) bond motifs is 1. The van der Waals surface area contributed by atoms with Crippen LogP contribution in [-0.2, 0) is 6.54 Å². The van der Waals surface area contributed by atoms with Gasteiger partial charge in [0.2, 0.25) is 0 Å². The Morgan fingerprint density at radius 1 is 1.50 bits per heavy atom. The number of hydrogen-bond acceptors (Lipinski definition) is 3. The molecule has 2 heterocycles. The number of aromatic amines is 1. The molecule has 0 radical (unpaired) electrons. The third kappa shape index (κ3) is 1.05. The first-order chi connectivity index (χ1) is 6.86. The highest BCUT2D eigenvalue weighted by Crippen LogP contribution is 2.34. The van der Waals surface area contributed by atoms with Gasteiger partial charge in [-0.2, -0.15) is 4.98 Å². The number of nitrogens with one attached hydrogen (secondary N) is 1. The van der Waals surface area contributed by atoms with Gasteiger partial charge in [0.15, 0.2) is 0 Å². The van der Waals surface area contributed by atoms with Gasteiger partial charge in [-0.05, 0) is 12.8 Å². The van der Waals surface area contributed by atoms with Crippen molar-refractivity contribution in [3.63, 3.8) is 0 Å². The molecule has 5 heteroatoms. The lowest BCUT2D eigenvalue weighted by atomic mass is 9.85. The molecule has 1 aliphatic carbocycles. The quantitative estimate of drug-likeness (QED) is 0.737. The van der Waals surface area contributed by atoms with Gasteiger partial charge in [0, 0.05) is 12.5 Å². The molecule has 14 heavy (non-hydrogen) atoms. The Labute approximate surface area is 81.3 Å². The molecule has 0 aromatic carbocycles. The molecule has 1 saturated carbocycles. The van der Waals surface area contributed by atoms with Crippen LogP contribution in [-0.4, -0.2) is 19.6 Å². The van der Waals surface area contributed by atoms with E-state index in [1.807, 2.05) is 10.7 Å². The van der Waals surface area contributed by atoms with Gasteiger partial charge in [-0.25, -0.2) is 9.50 Å². The van der Waals surface area contributed by atoms with Crippen LogP contribution >= 0.6 is 0 Å². The number of H-pyrrole nitrogens is 1. The summed E-state index contributed by atoms with van der Waals surface area (Å²) in [6, 6.07) is 0. The Morgan fingerprint density at radius 3 is 2.93 bits per heavy atom. The van der Waals surface area contributed by atoms with E-state index in [4.69, 9.17) is 5.73 Å². The molecule has 74 valence electrons. The van der Waals surface area contributed by atoms with Gasteiger partial charge in [0.1, 0.15) is 5.82 Å². The zero-order valence-electron chi connectivity index (χ0n) is 7.90. The van der Waals surface area contributed by atoms with Gasteiger partial charge in [-0.1, -0.05) is 6.42 Å². The topological polar surface area (TPSA) is 72.0 Å². The number of aromatic nitrogens is 4. The van der Waals surface area contributed by atoms with Crippen LogP contribution in [0.2, 0.25) is 0 Å². The fourth-order valence-electron chi connectivity index (χ4n) is 1.80. The van der Waals surface area contributed by atoms with E-state index < -0.39 is 0 Å². The van der Waals surface area contributed by atoms with E-state index >= 15 is 0 Å². The Bertz CT molecular complexity index is 419. The minimum atomic E-state index is 0.468. The summed E-state index contributed by atoms with van der Waals surface area (Å²) in [7, 11) is 0. The maximum Gasteiger partial charge on any atom is 0.250 e. The summed E-state index contributed by atoms with van der Waals surface area (Å²) in [5, 5.41) is 3.24. The van der Waals surface area contributed by atoms with Gasteiger partial charge in [-0.15, -0.1) is 0 Å². The maximum absolute atomic E-state index is 5.49. The van der Waals surface area contributed by atoms with E-state index in [0.717, 1.165) is 17.3 Å². The largest absolute Gasteiger partial charge is 0.325 e. The molecule has 2 aromatic heterocycles. The smallest absolute Gasteiger partial charge is 0.250 e. The van der Waals surface area contributed by atoms with Gasteiger partial charge >= 0.3 is 0 Å². The fraction of sp³-hybridized carbons (Fsp3) is 0.556.